The zero-order chi connectivity index (χ0) is 14.9. The topological polar surface area (TPSA) is 72.2 Å². The second-order valence-electron chi connectivity index (χ2n) is 4.53. The molecular formula is C14H15ClN2O2S. The van der Waals surface area contributed by atoms with Crippen LogP contribution in [0.2, 0.25) is 5.02 Å². The summed E-state index contributed by atoms with van der Waals surface area (Å²) in [4.78, 5) is 0.102. The van der Waals surface area contributed by atoms with Crippen LogP contribution in [0.25, 0.3) is 0 Å². The van der Waals surface area contributed by atoms with Gasteiger partial charge in [0.2, 0.25) is 0 Å². The lowest BCUT2D eigenvalue weighted by Crippen LogP contribution is -2.15. The van der Waals surface area contributed by atoms with Crippen LogP contribution in [0.15, 0.2) is 41.3 Å². The van der Waals surface area contributed by atoms with E-state index in [-0.39, 0.29) is 4.90 Å². The van der Waals surface area contributed by atoms with E-state index in [1.165, 1.54) is 12.1 Å². The van der Waals surface area contributed by atoms with Gasteiger partial charge in [-0.15, -0.1) is 0 Å². The first kappa shape index (κ1) is 14.7. The SMILES string of the molecule is Cc1ccc(N)c(NS(=O)(=O)c2cccc(Cl)c2)c1C. The first-order valence-corrected chi connectivity index (χ1v) is 7.81. The monoisotopic (exact) mass is 310 g/mol. The Labute approximate surface area is 123 Å². The molecule has 0 fully saturated rings. The Morgan fingerprint density at radius 2 is 1.85 bits per heavy atom. The van der Waals surface area contributed by atoms with Gasteiger partial charge in [0, 0.05) is 5.02 Å². The number of benzene rings is 2. The van der Waals surface area contributed by atoms with Crippen molar-refractivity contribution in [2.24, 2.45) is 0 Å². The van der Waals surface area contributed by atoms with Crippen molar-refractivity contribution in [2.75, 3.05) is 10.5 Å². The highest BCUT2D eigenvalue weighted by molar-refractivity contribution is 7.92. The summed E-state index contributed by atoms with van der Waals surface area (Å²) in [5.41, 5.74) is 8.41. The highest BCUT2D eigenvalue weighted by atomic mass is 35.5. The lowest BCUT2D eigenvalue weighted by Gasteiger charge is -2.14. The molecular weight excluding hydrogens is 296 g/mol. The van der Waals surface area contributed by atoms with E-state index >= 15 is 0 Å². The van der Waals surface area contributed by atoms with Gasteiger partial charge in [-0.2, -0.15) is 0 Å². The summed E-state index contributed by atoms with van der Waals surface area (Å²) in [6.07, 6.45) is 0. The first-order chi connectivity index (χ1) is 9.31. The van der Waals surface area contributed by atoms with E-state index < -0.39 is 10.0 Å². The Balaban J connectivity index is 2.47. The van der Waals surface area contributed by atoms with Crippen LogP contribution < -0.4 is 10.5 Å². The minimum absolute atomic E-state index is 0.102. The number of sulfonamides is 1. The molecule has 0 spiro atoms. The second-order valence-corrected chi connectivity index (χ2v) is 6.65. The predicted octanol–water partition coefficient (Wildman–Crippen LogP) is 3.34. The highest BCUT2D eigenvalue weighted by Crippen LogP contribution is 2.28. The van der Waals surface area contributed by atoms with E-state index in [4.69, 9.17) is 17.3 Å². The van der Waals surface area contributed by atoms with Crippen LogP contribution in [0.4, 0.5) is 11.4 Å². The van der Waals surface area contributed by atoms with Crippen molar-refractivity contribution >= 4 is 33.0 Å². The number of nitrogens with two attached hydrogens (primary N) is 1. The first-order valence-electron chi connectivity index (χ1n) is 5.95. The average molecular weight is 311 g/mol. The normalized spacial score (nSPS) is 11.3. The smallest absolute Gasteiger partial charge is 0.262 e. The second kappa shape index (κ2) is 5.34. The third kappa shape index (κ3) is 2.89. The van der Waals surface area contributed by atoms with Crippen molar-refractivity contribution in [3.63, 3.8) is 0 Å². The summed E-state index contributed by atoms with van der Waals surface area (Å²) in [5, 5.41) is 0.363. The number of anilines is 2. The Bertz CT molecular complexity index is 758. The molecule has 2 aromatic rings. The Morgan fingerprint density at radius 1 is 1.15 bits per heavy atom. The van der Waals surface area contributed by atoms with Gasteiger partial charge in [0.05, 0.1) is 16.3 Å². The standard InChI is InChI=1S/C14H15ClN2O2S/c1-9-6-7-13(16)14(10(9)2)17-20(18,19)12-5-3-4-11(15)8-12/h3-8,17H,16H2,1-2H3. The molecule has 0 atom stereocenters. The average Bonchev–Trinajstić information content (AvgIpc) is 2.39. The van der Waals surface area contributed by atoms with E-state index in [0.717, 1.165) is 11.1 Å². The van der Waals surface area contributed by atoms with Crippen molar-refractivity contribution in [3.8, 4) is 0 Å². The van der Waals surface area contributed by atoms with Crippen molar-refractivity contribution in [3.05, 3.63) is 52.5 Å². The molecule has 2 aromatic carbocycles. The van der Waals surface area contributed by atoms with Crippen LogP contribution in [0, 0.1) is 13.8 Å². The third-order valence-electron chi connectivity index (χ3n) is 3.11. The van der Waals surface area contributed by atoms with Crippen molar-refractivity contribution in [1.82, 2.24) is 0 Å². The minimum atomic E-state index is -3.71. The van der Waals surface area contributed by atoms with Gasteiger partial charge < -0.3 is 5.73 Å². The maximum atomic E-state index is 12.3. The molecule has 0 unspecified atom stereocenters. The molecule has 20 heavy (non-hydrogen) atoms. The lowest BCUT2D eigenvalue weighted by atomic mass is 10.1. The van der Waals surface area contributed by atoms with E-state index in [9.17, 15) is 8.42 Å². The van der Waals surface area contributed by atoms with Crippen LogP contribution in [-0.2, 0) is 10.0 Å². The molecule has 0 aromatic heterocycles. The molecule has 0 saturated carbocycles. The molecule has 2 rings (SSSR count). The van der Waals surface area contributed by atoms with Crippen molar-refractivity contribution < 1.29 is 8.42 Å². The van der Waals surface area contributed by atoms with Crippen LogP contribution in [0.1, 0.15) is 11.1 Å². The molecule has 4 nitrogen and oxygen atoms in total. The van der Waals surface area contributed by atoms with Gasteiger partial charge in [-0.3, -0.25) is 4.72 Å². The molecule has 6 heteroatoms. The largest absolute Gasteiger partial charge is 0.397 e. The lowest BCUT2D eigenvalue weighted by molar-refractivity contribution is 0.601. The van der Waals surface area contributed by atoms with Gasteiger partial charge in [0.15, 0.2) is 0 Å². The molecule has 0 saturated heterocycles. The van der Waals surface area contributed by atoms with Gasteiger partial charge in [0.1, 0.15) is 0 Å². The van der Waals surface area contributed by atoms with Crippen LogP contribution in [-0.4, -0.2) is 8.42 Å². The summed E-state index contributed by atoms with van der Waals surface area (Å²) < 4.78 is 27.2. The summed E-state index contributed by atoms with van der Waals surface area (Å²) in [7, 11) is -3.71. The number of hydrogen-bond donors (Lipinski definition) is 2. The number of rotatable bonds is 3. The van der Waals surface area contributed by atoms with Crippen LogP contribution >= 0.6 is 11.6 Å². The van der Waals surface area contributed by atoms with E-state index in [0.29, 0.717) is 16.4 Å². The van der Waals surface area contributed by atoms with Gasteiger partial charge in [-0.05, 0) is 49.2 Å². The third-order valence-corrected chi connectivity index (χ3v) is 4.69. The number of aryl methyl sites for hydroxylation is 1. The number of nitrogen functional groups attached to an aromatic ring is 1. The van der Waals surface area contributed by atoms with E-state index in [2.05, 4.69) is 4.72 Å². The summed E-state index contributed by atoms with van der Waals surface area (Å²) >= 11 is 5.82. The van der Waals surface area contributed by atoms with Crippen LogP contribution in [0.5, 0.6) is 0 Å². The fourth-order valence-corrected chi connectivity index (χ4v) is 3.25. The molecule has 0 aliphatic rings. The molecule has 0 bridgehead atoms. The minimum Gasteiger partial charge on any atom is -0.397 e. The summed E-state index contributed by atoms with van der Waals surface area (Å²) in [6.45, 7) is 3.72. The van der Waals surface area contributed by atoms with E-state index in [1.54, 1.807) is 18.2 Å². The Kier molecular flexibility index (Phi) is 3.92. The zero-order valence-corrected chi connectivity index (χ0v) is 12.7. The fraction of sp³-hybridized carbons (Fsp3) is 0.143. The fourth-order valence-electron chi connectivity index (χ4n) is 1.80. The molecule has 3 N–H and O–H groups in total. The molecule has 0 aliphatic carbocycles. The molecule has 0 heterocycles. The Morgan fingerprint density at radius 3 is 2.50 bits per heavy atom. The Hall–Kier alpha value is -1.72. The number of halogens is 1. The molecule has 106 valence electrons. The van der Waals surface area contributed by atoms with Gasteiger partial charge >= 0.3 is 0 Å². The van der Waals surface area contributed by atoms with E-state index in [1.807, 2.05) is 19.9 Å². The predicted molar refractivity (Wildman–Crippen MR) is 82.6 cm³/mol. The van der Waals surface area contributed by atoms with Gasteiger partial charge in [0.25, 0.3) is 10.0 Å². The molecule has 0 radical (unpaired) electrons. The summed E-state index contributed by atoms with van der Waals surface area (Å²) in [5.74, 6) is 0. The summed E-state index contributed by atoms with van der Waals surface area (Å²) in [6, 6.07) is 9.61. The van der Waals surface area contributed by atoms with Crippen LogP contribution in [0.3, 0.4) is 0 Å². The van der Waals surface area contributed by atoms with Gasteiger partial charge in [-0.1, -0.05) is 23.7 Å². The van der Waals surface area contributed by atoms with Gasteiger partial charge in [-0.25, -0.2) is 8.42 Å². The highest BCUT2D eigenvalue weighted by Gasteiger charge is 2.17. The molecule has 0 amide bonds. The number of hydrogen-bond acceptors (Lipinski definition) is 3. The maximum absolute atomic E-state index is 12.3. The zero-order valence-electron chi connectivity index (χ0n) is 11.1. The van der Waals surface area contributed by atoms with Crippen molar-refractivity contribution in [1.29, 1.82) is 0 Å². The number of nitrogens with one attached hydrogen (secondary N) is 1. The molecule has 0 aliphatic heterocycles. The van der Waals surface area contributed by atoms with Crippen molar-refractivity contribution in [2.45, 2.75) is 18.7 Å². The maximum Gasteiger partial charge on any atom is 0.262 e. The quantitative estimate of drug-likeness (QED) is 0.854.